The molecule has 0 radical (unpaired) electrons. The second-order valence-corrected chi connectivity index (χ2v) is 17.5. The number of sulfone groups is 1. The van der Waals surface area contributed by atoms with Crippen LogP contribution >= 0.6 is 0 Å². The van der Waals surface area contributed by atoms with Gasteiger partial charge in [-0.3, -0.25) is 0 Å². The van der Waals surface area contributed by atoms with Gasteiger partial charge in [-0.15, -0.1) is 0 Å². The van der Waals surface area contributed by atoms with Crippen LogP contribution < -0.4 is 0 Å². The van der Waals surface area contributed by atoms with E-state index in [-0.39, 0.29) is 5.41 Å². The molecule has 4 bridgehead atoms. The van der Waals surface area contributed by atoms with E-state index in [2.05, 4.69) is 54.6 Å². The Kier molecular flexibility index (Phi) is 6.76. The summed E-state index contributed by atoms with van der Waals surface area (Å²) >= 11 is 0. The van der Waals surface area contributed by atoms with Gasteiger partial charge in [-0.05, 0) is 113 Å². The van der Waals surface area contributed by atoms with Crippen molar-refractivity contribution in [3.63, 3.8) is 0 Å². The Morgan fingerprint density at radius 3 is 1.60 bits per heavy atom. The summed E-state index contributed by atoms with van der Waals surface area (Å²) in [4.78, 5) is 16.0. The van der Waals surface area contributed by atoms with E-state index < -0.39 is 9.84 Å². The van der Waals surface area contributed by atoms with Gasteiger partial charge in [-0.1, -0.05) is 115 Å². The van der Waals surface area contributed by atoms with Crippen LogP contribution in [0.1, 0.15) is 43.2 Å². The van der Waals surface area contributed by atoms with Crippen molar-refractivity contribution in [3.05, 3.63) is 151 Å². The summed E-state index contributed by atoms with van der Waals surface area (Å²) in [5, 5.41) is 2.11. The van der Waals surface area contributed by atoms with Crippen LogP contribution in [0.5, 0.6) is 0 Å². The Hall–Kier alpha value is -5.46. The molecule has 4 aliphatic carbocycles. The van der Waals surface area contributed by atoms with Crippen molar-refractivity contribution in [3.8, 4) is 45.3 Å². The fourth-order valence-corrected chi connectivity index (χ4v) is 12.8. The normalized spacial score (nSPS) is 24.6. The minimum Gasteiger partial charge on any atom is -0.218 e. The van der Waals surface area contributed by atoms with Crippen LogP contribution in [0.15, 0.2) is 149 Å². The molecule has 1 spiro atoms. The maximum Gasteiger partial charge on any atom is 0.207 e. The van der Waals surface area contributed by atoms with Crippen LogP contribution in [0.2, 0.25) is 0 Å². The molecule has 0 N–H and O–H groups in total. The second kappa shape index (κ2) is 11.5. The zero-order chi connectivity index (χ0) is 35.3. The Labute approximate surface area is 309 Å². The summed E-state index contributed by atoms with van der Waals surface area (Å²) in [5.41, 5.74) is 6.67. The molecule has 4 fully saturated rings. The average molecular weight is 708 g/mol. The lowest BCUT2D eigenvalue weighted by Crippen LogP contribution is -2.57. The van der Waals surface area contributed by atoms with Crippen molar-refractivity contribution in [1.29, 1.82) is 0 Å². The van der Waals surface area contributed by atoms with Crippen LogP contribution in [0, 0.1) is 23.7 Å². The molecule has 0 saturated heterocycles. The summed E-state index contributed by atoms with van der Waals surface area (Å²) in [6.07, 6.45) is 6.08. The Morgan fingerprint density at radius 1 is 0.453 bits per heavy atom. The van der Waals surface area contributed by atoms with Crippen LogP contribution in [0.4, 0.5) is 0 Å². The van der Waals surface area contributed by atoms with Crippen molar-refractivity contribution >= 4 is 20.6 Å². The van der Waals surface area contributed by atoms with E-state index in [1.165, 1.54) is 32.1 Å². The first-order valence-electron chi connectivity index (χ1n) is 18.9. The zero-order valence-corrected chi connectivity index (χ0v) is 30.0. The highest BCUT2D eigenvalue weighted by Crippen LogP contribution is 2.68. The van der Waals surface area contributed by atoms with Gasteiger partial charge < -0.3 is 0 Å². The van der Waals surface area contributed by atoms with E-state index in [1.54, 1.807) is 0 Å². The topological polar surface area (TPSA) is 72.8 Å². The van der Waals surface area contributed by atoms with Crippen molar-refractivity contribution in [2.75, 3.05) is 0 Å². The molecule has 0 atom stereocenters. The van der Waals surface area contributed by atoms with E-state index in [4.69, 9.17) is 15.0 Å². The maximum absolute atomic E-state index is 14.4. The molecule has 2 heterocycles. The van der Waals surface area contributed by atoms with E-state index >= 15 is 0 Å². The lowest BCUT2D eigenvalue weighted by Gasteiger charge is -2.63. The molecule has 53 heavy (non-hydrogen) atoms. The molecule has 0 amide bonds. The summed E-state index contributed by atoms with van der Waals surface area (Å²) in [6.45, 7) is 0. The fraction of sp³-hybridized carbons (Fsp3) is 0.213. The van der Waals surface area contributed by atoms with Gasteiger partial charge in [-0.2, -0.15) is 0 Å². The minimum atomic E-state index is -3.67. The van der Waals surface area contributed by atoms with Gasteiger partial charge in [0.15, 0.2) is 17.5 Å². The van der Waals surface area contributed by atoms with Crippen LogP contribution in [0.3, 0.4) is 0 Å². The third-order valence-corrected chi connectivity index (χ3v) is 14.8. The molecule has 12 rings (SSSR count). The number of nitrogens with zero attached hydrogens (tertiary/aromatic N) is 3. The lowest BCUT2D eigenvalue weighted by molar-refractivity contribution is -0.0446. The molecule has 258 valence electrons. The van der Waals surface area contributed by atoms with Crippen molar-refractivity contribution in [1.82, 2.24) is 15.0 Å². The number of hydrogen-bond donors (Lipinski definition) is 0. The first-order chi connectivity index (χ1) is 26.0. The largest absolute Gasteiger partial charge is 0.218 e. The molecule has 6 heteroatoms. The Balaban J connectivity index is 1.11. The number of hydrogen-bond acceptors (Lipinski definition) is 5. The maximum atomic E-state index is 14.4. The van der Waals surface area contributed by atoms with Gasteiger partial charge in [0, 0.05) is 22.1 Å². The lowest BCUT2D eigenvalue weighted by atomic mass is 9.42. The molecular formula is C47H37N3O2S. The molecule has 7 aromatic rings. The molecule has 1 aromatic heterocycles. The van der Waals surface area contributed by atoms with Gasteiger partial charge in [-0.25, -0.2) is 23.4 Å². The standard InChI is InChI=1S/C47H37N3O2S/c51-53(52)42-18-10-9-17-40(42)47(34-24-29-23-30(26-34)27-35(47)25-29)41-28-33(19-22-43(41)53)36-20-21-39(38-16-8-7-15-37(36)38)46-49-44(31-11-3-1-4-12-31)48-45(50-46)32-13-5-2-6-14-32/h1-22,28-30,34-35H,23-27H2. The highest BCUT2D eigenvalue weighted by atomic mass is 32.2. The number of aromatic nitrogens is 3. The molecule has 0 unspecified atom stereocenters. The first kappa shape index (κ1) is 31.1. The number of benzene rings is 6. The summed E-state index contributed by atoms with van der Waals surface area (Å²) < 4.78 is 28.8. The van der Waals surface area contributed by atoms with Crippen LogP contribution in [-0.2, 0) is 15.3 Å². The summed E-state index contributed by atoms with van der Waals surface area (Å²) in [5.74, 6) is 4.28. The minimum absolute atomic E-state index is 0.289. The molecule has 6 aromatic carbocycles. The van der Waals surface area contributed by atoms with Gasteiger partial charge in [0.25, 0.3) is 0 Å². The number of rotatable bonds is 4. The van der Waals surface area contributed by atoms with Gasteiger partial charge in [0.2, 0.25) is 9.84 Å². The second-order valence-electron chi connectivity index (χ2n) is 15.6. The van der Waals surface area contributed by atoms with Gasteiger partial charge in [0.1, 0.15) is 0 Å². The smallest absolute Gasteiger partial charge is 0.207 e. The molecule has 1 aliphatic heterocycles. The van der Waals surface area contributed by atoms with E-state index in [9.17, 15) is 8.42 Å². The molecule has 5 aliphatic rings. The van der Waals surface area contributed by atoms with Crippen LogP contribution in [-0.4, -0.2) is 23.4 Å². The zero-order valence-electron chi connectivity index (χ0n) is 29.2. The Bertz CT molecular complexity index is 2620. The average Bonchev–Trinajstić information content (AvgIpc) is 3.20. The highest BCUT2D eigenvalue weighted by Gasteiger charge is 2.62. The van der Waals surface area contributed by atoms with E-state index in [0.29, 0.717) is 39.1 Å². The van der Waals surface area contributed by atoms with Gasteiger partial charge >= 0.3 is 0 Å². The van der Waals surface area contributed by atoms with E-state index in [1.807, 2.05) is 84.9 Å². The predicted octanol–water partition coefficient (Wildman–Crippen LogP) is 10.6. The predicted molar refractivity (Wildman–Crippen MR) is 209 cm³/mol. The SMILES string of the molecule is O=S1(=O)c2ccccc2C2(c3cc(-c4ccc(-c5nc(-c6ccccc6)nc(-c6ccccc6)n5)c5ccccc45)ccc31)C1CC3CC(C1)CC2C3. The van der Waals surface area contributed by atoms with Crippen molar-refractivity contribution < 1.29 is 8.42 Å². The van der Waals surface area contributed by atoms with Crippen LogP contribution in [0.25, 0.3) is 56.1 Å². The Morgan fingerprint density at radius 2 is 0.962 bits per heavy atom. The number of fused-ring (bicyclic) bond motifs is 3. The van der Waals surface area contributed by atoms with Crippen molar-refractivity contribution in [2.45, 2.75) is 47.3 Å². The third-order valence-electron chi connectivity index (χ3n) is 12.9. The molecule has 5 nitrogen and oxygen atoms in total. The fourth-order valence-electron chi connectivity index (χ4n) is 11.0. The van der Waals surface area contributed by atoms with E-state index in [0.717, 1.165) is 61.6 Å². The summed E-state index contributed by atoms with van der Waals surface area (Å²) in [7, 11) is -3.67. The monoisotopic (exact) mass is 707 g/mol. The molecule has 4 saturated carbocycles. The summed E-state index contributed by atoms with van der Waals surface area (Å²) in [6, 6.07) is 47.0. The third kappa shape index (κ3) is 4.54. The quantitative estimate of drug-likeness (QED) is 0.182. The molecular weight excluding hydrogens is 671 g/mol. The highest BCUT2D eigenvalue weighted by molar-refractivity contribution is 7.91. The first-order valence-corrected chi connectivity index (χ1v) is 20.4. The van der Waals surface area contributed by atoms with Gasteiger partial charge in [0.05, 0.1) is 9.79 Å². The van der Waals surface area contributed by atoms with Crippen molar-refractivity contribution in [2.24, 2.45) is 23.7 Å².